The van der Waals surface area contributed by atoms with Gasteiger partial charge < -0.3 is 14.8 Å². The number of methoxy groups -OCH3 is 1. The SMILES string of the molecule is COc1ccc(SCC(=O)NCC2(N3CCOCC3)CCCCC2)cc1. The lowest BCUT2D eigenvalue weighted by Gasteiger charge is -2.48. The van der Waals surface area contributed by atoms with Gasteiger partial charge in [-0.3, -0.25) is 9.69 Å². The van der Waals surface area contributed by atoms with Crippen LogP contribution in [0.4, 0.5) is 0 Å². The molecule has 1 aromatic rings. The van der Waals surface area contributed by atoms with Gasteiger partial charge in [0.1, 0.15) is 5.75 Å². The van der Waals surface area contributed by atoms with Crippen LogP contribution in [0.25, 0.3) is 0 Å². The molecule has 0 aromatic heterocycles. The van der Waals surface area contributed by atoms with Crippen molar-refractivity contribution in [3.63, 3.8) is 0 Å². The quantitative estimate of drug-likeness (QED) is 0.740. The van der Waals surface area contributed by atoms with Crippen LogP contribution in [0.1, 0.15) is 32.1 Å². The van der Waals surface area contributed by atoms with E-state index in [4.69, 9.17) is 9.47 Å². The third kappa shape index (κ3) is 5.15. The summed E-state index contributed by atoms with van der Waals surface area (Å²) in [5.41, 5.74) is 0.127. The van der Waals surface area contributed by atoms with E-state index in [-0.39, 0.29) is 11.4 Å². The van der Waals surface area contributed by atoms with Gasteiger partial charge in [0.15, 0.2) is 0 Å². The number of benzene rings is 1. The Labute approximate surface area is 160 Å². The normalized spacial score (nSPS) is 20.5. The molecule has 5 nitrogen and oxygen atoms in total. The largest absolute Gasteiger partial charge is 0.497 e. The Morgan fingerprint density at radius 2 is 1.88 bits per heavy atom. The Balaban J connectivity index is 1.50. The van der Waals surface area contributed by atoms with E-state index in [1.54, 1.807) is 18.9 Å². The molecule has 0 radical (unpaired) electrons. The van der Waals surface area contributed by atoms with E-state index >= 15 is 0 Å². The second-order valence-corrected chi connectivity index (χ2v) is 8.17. The van der Waals surface area contributed by atoms with Gasteiger partial charge in [0.2, 0.25) is 5.91 Å². The lowest BCUT2D eigenvalue weighted by atomic mass is 9.79. The number of nitrogens with one attached hydrogen (secondary N) is 1. The molecule has 1 amide bonds. The van der Waals surface area contributed by atoms with Gasteiger partial charge in [0, 0.05) is 30.1 Å². The van der Waals surface area contributed by atoms with Gasteiger partial charge in [0.25, 0.3) is 0 Å². The molecule has 0 unspecified atom stereocenters. The first-order valence-corrected chi connectivity index (χ1v) is 10.6. The first-order valence-electron chi connectivity index (χ1n) is 9.58. The maximum absolute atomic E-state index is 12.4. The van der Waals surface area contributed by atoms with Crippen LogP contribution in [0, 0.1) is 0 Å². The van der Waals surface area contributed by atoms with Crippen LogP contribution in [-0.2, 0) is 9.53 Å². The number of ether oxygens (including phenoxy) is 2. The van der Waals surface area contributed by atoms with E-state index in [0.29, 0.717) is 5.75 Å². The second kappa shape index (κ2) is 9.62. The molecule has 1 N–H and O–H groups in total. The molecule has 1 aromatic carbocycles. The number of carbonyl (C=O) groups is 1. The molecule has 144 valence electrons. The Morgan fingerprint density at radius 3 is 2.54 bits per heavy atom. The van der Waals surface area contributed by atoms with Crippen LogP contribution in [-0.4, -0.2) is 62.1 Å². The number of thioether (sulfide) groups is 1. The van der Waals surface area contributed by atoms with Crippen molar-refractivity contribution < 1.29 is 14.3 Å². The zero-order valence-corrected chi connectivity index (χ0v) is 16.5. The molecule has 1 aliphatic carbocycles. The van der Waals surface area contributed by atoms with E-state index in [9.17, 15) is 4.79 Å². The standard InChI is InChI=1S/C20H30N2O3S/c1-24-17-5-7-18(8-6-17)26-15-19(23)21-16-20(9-3-2-4-10-20)22-11-13-25-14-12-22/h5-8H,2-4,9-16H2,1H3,(H,21,23). The molecule has 0 bridgehead atoms. The van der Waals surface area contributed by atoms with Gasteiger partial charge in [-0.15, -0.1) is 11.8 Å². The molecule has 2 fully saturated rings. The molecule has 0 atom stereocenters. The third-order valence-electron chi connectivity index (χ3n) is 5.51. The molecule has 0 spiro atoms. The van der Waals surface area contributed by atoms with Crippen molar-refractivity contribution >= 4 is 17.7 Å². The molecule has 1 aliphatic heterocycles. The highest BCUT2D eigenvalue weighted by atomic mass is 32.2. The second-order valence-electron chi connectivity index (χ2n) is 7.13. The average Bonchev–Trinajstić information content (AvgIpc) is 2.72. The first-order chi connectivity index (χ1) is 12.7. The Morgan fingerprint density at radius 1 is 1.19 bits per heavy atom. The number of hydrogen-bond donors (Lipinski definition) is 1. The van der Waals surface area contributed by atoms with Crippen molar-refractivity contribution in [3.8, 4) is 5.75 Å². The maximum Gasteiger partial charge on any atom is 0.230 e. The summed E-state index contributed by atoms with van der Waals surface area (Å²) < 4.78 is 10.7. The lowest BCUT2D eigenvalue weighted by Crippen LogP contribution is -2.59. The zero-order chi connectivity index (χ0) is 18.2. The van der Waals surface area contributed by atoms with Crippen molar-refractivity contribution in [3.05, 3.63) is 24.3 Å². The molecule has 2 aliphatic rings. The Kier molecular flexibility index (Phi) is 7.23. The van der Waals surface area contributed by atoms with E-state index in [1.165, 1.54) is 32.1 Å². The smallest absolute Gasteiger partial charge is 0.230 e. The van der Waals surface area contributed by atoms with Crippen molar-refractivity contribution in [1.29, 1.82) is 0 Å². The van der Waals surface area contributed by atoms with Gasteiger partial charge in [0.05, 0.1) is 26.1 Å². The lowest BCUT2D eigenvalue weighted by molar-refractivity contribution is -0.119. The molecule has 1 saturated heterocycles. The number of nitrogens with zero attached hydrogens (tertiary/aromatic N) is 1. The fourth-order valence-corrected chi connectivity index (χ4v) is 4.72. The number of amides is 1. The summed E-state index contributed by atoms with van der Waals surface area (Å²) >= 11 is 1.57. The summed E-state index contributed by atoms with van der Waals surface area (Å²) in [6.07, 6.45) is 6.19. The highest BCUT2D eigenvalue weighted by Crippen LogP contribution is 2.34. The van der Waals surface area contributed by atoms with Crippen LogP contribution < -0.4 is 10.1 Å². The number of hydrogen-bond acceptors (Lipinski definition) is 5. The summed E-state index contributed by atoms with van der Waals surface area (Å²) in [6, 6.07) is 7.84. The highest BCUT2D eigenvalue weighted by Gasteiger charge is 2.38. The Hall–Kier alpha value is -1.24. The van der Waals surface area contributed by atoms with Gasteiger partial charge in [-0.2, -0.15) is 0 Å². The van der Waals surface area contributed by atoms with Crippen molar-refractivity contribution in [2.75, 3.05) is 45.7 Å². The van der Waals surface area contributed by atoms with Crippen LogP contribution in [0.3, 0.4) is 0 Å². The van der Waals surface area contributed by atoms with E-state index < -0.39 is 0 Å². The van der Waals surface area contributed by atoms with Gasteiger partial charge in [-0.1, -0.05) is 19.3 Å². The fraction of sp³-hybridized carbons (Fsp3) is 0.650. The van der Waals surface area contributed by atoms with Crippen molar-refractivity contribution in [2.24, 2.45) is 0 Å². The summed E-state index contributed by atoms with van der Waals surface area (Å²) in [7, 11) is 1.66. The van der Waals surface area contributed by atoms with Gasteiger partial charge in [-0.05, 0) is 37.1 Å². The molecule has 26 heavy (non-hydrogen) atoms. The minimum atomic E-state index is 0.115. The minimum absolute atomic E-state index is 0.115. The monoisotopic (exact) mass is 378 g/mol. The number of morpholine rings is 1. The maximum atomic E-state index is 12.4. The highest BCUT2D eigenvalue weighted by molar-refractivity contribution is 8.00. The molecule has 6 heteroatoms. The third-order valence-corrected chi connectivity index (χ3v) is 6.52. The Bertz CT molecular complexity index is 567. The molecule has 1 heterocycles. The zero-order valence-electron chi connectivity index (χ0n) is 15.7. The first kappa shape index (κ1) is 19.5. The summed E-state index contributed by atoms with van der Waals surface area (Å²) in [5, 5.41) is 3.22. The van der Waals surface area contributed by atoms with Crippen LogP contribution in [0.15, 0.2) is 29.2 Å². The minimum Gasteiger partial charge on any atom is -0.497 e. The summed E-state index contributed by atoms with van der Waals surface area (Å²) in [6.45, 7) is 4.34. The summed E-state index contributed by atoms with van der Waals surface area (Å²) in [4.78, 5) is 16.1. The van der Waals surface area contributed by atoms with Gasteiger partial charge in [-0.25, -0.2) is 0 Å². The van der Waals surface area contributed by atoms with E-state index in [2.05, 4.69) is 10.2 Å². The van der Waals surface area contributed by atoms with E-state index in [1.807, 2.05) is 24.3 Å². The predicted octanol–water partition coefficient (Wildman–Crippen LogP) is 2.94. The fourth-order valence-electron chi connectivity index (χ4n) is 3.99. The van der Waals surface area contributed by atoms with Crippen molar-refractivity contribution in [2.45, 2.75) is 42.5 Å². The van der Waals surface area contributed by atoms with Crippen molar-refractivity contribution in [1.82, 2.24) is 10.2 Å². The molecule has 3 rings (SSSR count). The topological polar surface area (TPSA) is 50.8 Å². The molecular formula is C20H30N2O3S. The van der Waals surface area contributed by atoms with E-state index in [0.717, 1.165) is 43.5 Å². The van der Waals surface area contributed by atoms with Crippen LogP contribution in [0.5, 0.6) is 5.75 Å². The molecular weight excluding hydrogens is 348 g/mol. The number of rotatable bonds is 7. The average molecular weight is 379 g/mol. The molecule has 1 saturated carbocycles. The summed E-state index contributed by atoms with van der Waals surface area (Å²) in [5.74, 6) is 1.40. The van der Waals surface area contributed by atoms with Crippen LogP contribution >= 0.6 is 11.8 Å². The van der Waals surface area contributed by atoms with Gasteiger partial charge >= 0.3 is 0 Å². The number of carbonyl (C=O) groups excluding carboxylic acids is 1. The van der Waals surface area contributed by atoms with Crippen LogP contribution in [0.2, 0.25) is 0 Å². The predicted molar refractivity (Wildman–Crippen MR) is 105 cm³/mol.